The summed E-state index contributed by atoms with van der Waals surface area (Å²) in [6.07, 6.45) is 6.85. The molecule has 3 aliphatic rings. The predicted molar refractivity (Wildman–Crippen MR) is 124 cm³/mol. The van der Waals surface area contributed by atoms with Crippen LogP contribution in [0.15, 0.2) is 24.3 Å². The van der Waals surface area contributed by atoms with Crippen molar-refractivity contribution in [3.05, 3.63) is 35.4 Å². The highest BCUT2D eigenvalue weighted by Crippen LogP contribution is 2.52. The first-order valence-electron chi connectivity index (χ1n) is 12.3. The molecule has 2 amide bonds. The molecule has 1 aromatic rings. The van der Waals surface area contributed by atoms with Crippen molar-refractivity contribution in [2.45, 2.75) is 51.9 Å². The minimum absolute atomic E-state index is 0.0245. The Bertz CT molecular complexity index is 829. The van der Waals surface area contributed by atoms with Crippen LogP contribution in [-0.4, -0.2) is 48.7 Å². The Morgan fingerprint density at radius 3 is 2.28 bits per heavy atom. The molecule has 2 bridgehead atoms. The smallest absolute Gasteiger partial charge is 0.224 e. The van der Waals surface area contributed by atoms with Crippen molar-refractivity contribution < 1.29 is 14.4 Å². The van der Waals surface area contributed by atoms with Gasteiger partial charge in [-0.25, -0.2) is 0 Å². The molecule has 174 valence electrons. The third-order valence-corrected chi connectivity index (χ3v) is 8.04. The molecule has 1 heterocycles. The Morgan fingerprint density at radius 2 is 1.62 bits per heavy atom. The van der Waals surface area contributed by atoms with E-state index >= 15 is 0 Å². The van der Waals surface area contributed by atoms with Crippen LogP contribution >= 0.6 is 0 Å². The maximum absolute atomic E-state index is 12.7. The zero-order valence-electron chi connectivity index (χ0n) is 19.2. The maximum Gasteiger partial charge on any atom is 0.224 e. The standard InChI is InChI=1S/C26H37N3O3/c1-17-4-6-18(7-5-17)24(30)19-10-14-29(15-11-19)13-3-2-12-28-26(32)23-21-9-8-20(16-21)22(23)25(27)31/h4-7,19-23H,2-3,8-16H2,1H3,(H2,27,31)(H,28,32). The fourth-order valence-corrected chi connectivity index (χ4v) is 6.24. The van der Waals surface area contributed by atoms with Gasteiger partial charge in [0.15, 0.2) is 5.78 Å². The molecule has 1 aliphatic heterocycles. The number of nitrogens with zero attached hydrogens (tertiary/aromatic N) is 1. The van der Waals surface area contributed by atoms with Crippen molar-refractivity contribution in [2.75, 3.05) is 26.2 Å². The zero-order valence-corrected chi connectivity index (χ0v) is 19.2. The molecule has 0 radical (unpaired) electrons. The Labute approximate surface area is 191 Å². The van der Waals surface area contributed by atoms with E-state index in [4.69, 9.17) is 5.73 Å². The lowest BCUT2D eigenvalue weighted by atomic mass is 9.78. The summed E-state index contributed by atoms with van der Waals surface area (Å²) in [7, 11) is 0. The van der Waals surface area contributed by atoms with Crippen molar-refractivity contribution in [3.8, 4) is 0 Å². The first-order chi connectivity index (χ1) is 15.4. The average Bonchev–Trinajstić information content (AvgIpc) is 3.41. The number of fused-ring (bicyclic) bond motifs is 2. The van der Waals surface area contributed by atoms with Gasteiger partial charge in [-0.1, -0.05) is 29.8 Å². The maximum atomic E-state index is 12.7. The number of Topliss-reactive ketones (excluding diaryl/α,β-unsaturated/α-hetero) is 1. The highest BCUT2D eigenvalue weighted by atomic mass is 16.2. The summed E-state index contributed by atoms with van der Waals surface area (Å²) in [5.74, 6) is 0.304. The number of piperidine rings is 1. The molecule has 1 saturated heterocycles. The molecule has 4 atom stereocenters. The van der Waals surface area contributed by atoms with Gasteiger partial charge in [-0.2, -0.15) is 0 Å². The molecule has 3 N–H and O–H groups in total. The summed E-state index contributed by atoms with van der Waals surface area (Å²) in [6.45, 7) is 5.61. The summed E-state index contributed by atoms with van der Waals surface area (Å²) >= 11 is 0. The first kappa shape index (κ1) is 23.0. The average molecular weight is 440 g/mol. The fraction of sp³-hybridized carbons (Fsp3) is 0.654. The molecule has 4 rings (SSSR count). The van der Waals surface area contributed by atoms with Crippen molar-refractivity contribution >= 4 is 17.6 Å². The van der Waals surface area contributed by atoms with Gasteiger partial charge in [-0.05, 0) is 83.3 Å². The number of amides is 2. The Balaban J connectivity index is 1.12. The van der Waals surface area contributed by atoms with Gasteiger partial charge in [-0.15, -0.1) is 0 Å². The fourth-order valence-electron chi connectivity index (χ4n) is 6.24. The summed E-state index contributed by atoms with van der Waals surface area (Å²) in [6, 6.07) is 7.90. The van der Waals surface area contributed by atoms with Gasteiger partial charge in [0.1, 0.15) is 0 Å². The number of unbranched alkanes of at least 4 members (excludes halogenated alkanes) is 1. The van der Waals surface area contributed by atoms with Gasteiger partial charge in [-0.3, -0.25) is 14.4 Å². The van der Waals surface area contributed by atoms with E-state index in [0.29, 0.717) is 18.4 Å². The number of carbonyl (C=O) groups is 3. The lowest BCUT2D eigenvalue weighted by molar-refractivity contribution is -0.135. The Kier molecular flexibility index (Phi) is 7.29. The van der Waals surface area contributed by atoms with Gasteiger partial charge in [0, 0.05) is 18.0 Å². The van der Waals surface area contributed by atoms with E-state index in [-0.39, 0.29) is 35.4 Å². The van der Waals surface area contributed by atoms with Gasteiger partial charge in [0.05, 0.1) is 11.8 Å². The van der Waals surface area contributed by atoms with E-state index in [1.165, 1.54) is 5.56 Å². The Hall–Kier alpha value is -2.21. The third kappa shape index (κ3) is 5.06. The molecule has 3 fully saturated rings. The van der Waals surface area contributed by atoms with E-state index in [1.54, 1.807) is 0 Å². The second-order valence-corrected chi connectivity index (χ2v) is 10.1. The first-order valence-corrected chi connectivity index (χ1v) is 12.3. The lowest BCUT2D eigenvalue weighted by Crippen LogP contribution is -2.43. The number of hydrogen-bond donors (Lipinski definition) is 2. The number of nitrogens with two attached hydrogens (primary N) is 1. The number of aryl methyl sites for hydroxylation is 1. The SMILES string of the molecule is Cc1ccc(C(=O)C2CCN(CCCCNC(=O)C3C4CCC(C4)C3C(N)=O)CC2)cc1. The molecule has 6 nitrogen and oxygen atoms in total. The van der Waals surface area contributed by atoms with E-state index in [9.17, 15) is 14.4 Å². The molecular weight excluding hydrogens is 402 g/mol. The van der Waals surface area contributed by atoms with Crippen LogP contribution in [0.3, 0.4) is 0 Å². The molecule has 1 aromatic carbocycles. The number of hydrogen-bond acceptors (Lipinski definition) is 4. The molecule has 2 saturated carbocycles. The summed E-state index contributed by atoms with van der Waals surface area (Å²) in [5.41, 5.74) is 7.60. The van der Waals surface area contributed by atoms with Crippen LogP contribution in [0.4, 0.5) is 0 Å². The van der Waals surface area contributed by atoms with Crippen LogP contribution in [-0.2, 0) is 9.59 Å². The molecule has 32 heavy (non-hydrogen) atoms. The molecular formula is C26H37N3O3. The number of primary amides is 1. The van der Waals surface area contributed by atoms with Crippen LogP contribution in [0.2, 0.25) is 0 Å². The molecule has 2 aliphatic carbocycles. The van der Waals surface area contributed by atoms with Crippen molar-refractivity contribution in [2.24, 2.45) is 35.3 Å². The van der Waals surface area contributed by atoms with Gasteiger partial charge < -0.3 is 16.0 Å². The minimum Gasteiger partial charge on any atom is -0.369 e. The van der Waals surface area contributed by atoms with E-state index in [0.717, 1.165) is 70.1 Å². The second-order valence-electron chi connectivity index (χ2n) is 10.1. The summed E-state index contributed by atoms with van der Waals surface area (Å²) in [5, 5.41) is 3.07. The van der Waals surface area contributed by atoms with Gasteiger partial charge >= 0.3 is 0 Å². The number of likely N-dealkylation sites (tertiary alicyclic amines) is 1. The summed E-state index contributed by atoms with van der Waals surface area (Å²) < 4.78 is 0. The van der Waals surface area contributed by atoms with Crippen LogP contribution in [0, 0.1) is 36.5 Å². The second kappa shape index (κ2) is 10.2. The number of benzene rings is 1. The van der Waals surface area contributed by atoms with Crippen LogP contribution < -0.4 is 11.1 Å². The van der Waals surface area contributed by atoms with Crippen LogP contribution in [0.1, 0.15) is 60.9 Å². The normalized spacial score (nSPS) is 28.0. The van der Waals surface area contributed by atoms with Crippen molar-refractivity contribution in [1.82, 2.24) is 10.2 Å². The van der Waals surface area contributed by atoms with Crippen LogP contribution in [0.25, 0.3) is 0 Å². The van der Waals surface area contributed by atoms with Crippen molar-refractivity contribution in [1.29, 1.82) is 0 Å². The van der Waals surface area contributed by atoms with E-state index < -0.39 is 0 Å². The topological polar surface area (TPSA) is 92.5 Å². The summed E-state index contributed by atoms with van der Waals surface area (Å²) in [4.78, 5) is 39.7. The van der Waals surface area contributed by atoms with Crippen molar-refractivity contribution in [3.63, 3.8) is 0 Å². The monoisotopic (exact) mass is 439 g/mol. The van der Waals surface area contributed by atoms with Crippen LogP contribution in [0.5, 0.6) is 0 Å². The third-order valence-electron chi connectivity index (χ3n) is 8.04. The zero-order chi connectivity index (χ0) is 22.7. The molecule has 4 unspecified atom stereocenters. The highest BCUT2D eigenvalue weighted by molar-refractivity contribution is 5.97. The van der Waals surface area contributed by atoms with Gasteiger partial charge in [0.25, 0.3) is 0 Å². The highest BCUT2D eigenvalue weighted by Gasteiger charge is 2.53. The van der Waals surface area contributed by atoms with E-state index in [1.807, 2.05) is 31.2 Å². The molecule has 0 aromatic heterocycles. The van der Waals surface area contributed by atoms with E-state index in [2.05, 4.69) is 10.2 Å². The molecule has 0 spiro atoms. The predicted octanol–water partition coefficient (Wildman–Crippen LogP) is 2.93. The number of ketones is 1. The number of nitrogens with one attached hydrogen (secondary N) is 1. The molecule has 6 heteroatoms. The largest absolute Gasteiger partial charge is 0.369 e. The minimum atomic E-state index is -0.304. The number of carbonyl (C=O) groups excluding carboxylic acids is 3. The Morgan fingerprint density at radius 1 is 0.969 bits per heavy atom. The lowest BCUT2D eigenvalue weighted by Gasteiger charge is -2.31. The van der Waals surface area contributed by atoms with Gasteiger partial charge in [0.2, 0.25) is 11.8 Å². The number of rotatable bonds is 9. The quantitative estimate of drug-likeness (QED) is 0.457.